The lowest BCUT2D eigenvalue weighted by atomic mass is 10.3. The lowest BCUT2D eigenvalue weighted by Gasteiger charge is -2.09. The first-order valence-corrected chi connectivity index (χ1v) is 7.58. The molecule has 0 aliphatic rings. The number of hydrogen-bond donors (Lipinski definition) is 2. The fraction of sp³-hybridized carbons (Fsp3) is 0.364. The summed E-state index contributed by atoms with van der Waals surface area (Å²) in [6, 6.07) is 4.38. The van der Waals surface area contributed by atoms with Crippen molar-refractivity contribution in [3.05, 3.63) is 23.2 Å². The van der Waals surface area contributed by atoms with Crippen LogP contribution in [0.5, 0.6) is 0 Å². The summed E-state index contributed by atoms with van der Waals surface area (Å²) in [6.45, 7) is 1.88. The second-order valence-electron chi connectivity index (χ2n) is 3.71. The van der Waals surface area contributed by atoms with Gasteiger partial charge in [0.2, 0.25) is 10.0 Å². The van der Waals surface area contributed by atoms with Gasteiger partial charge < -0.3 is 10.5 Å². The number of carbonyl (C=O) groups is 1. The summed E-state index contributed by atoms with van der Waals surface area (Å²) in [5.41, 5.74) is 6.13. The maximum atomic E-state index is 11.7. The third-order valence-electron chi connectivity index (χ3n) is 2.15. The molecule has 1 rings (SSSR count). The van der Waals surface area contributed by atoms with Crippen LogP contribution in [0.15, 0.2) is 18.2 Å². The van der Waals surface area contributed by atoms with E-state index in [4.69, 9.17) is 17.3 Å². The summed E-state index contributed by atoms with van der Waals surface area (Å²) in [7, 11) is -3.63. The van der Waals surface area contributed by atoms with Crippen LogP contribution in [0.25, 0.3) is 0 Å². The van der Waals surface area contributed by atoms with Crippen molar-refractivity contribution >= 4 is 39.0 Å². The van der Waals surface area contributed by atoms with Crippen molar-refractivity contribution < 1.29 is 17.9 Å². The number of halogens is 1. The third kappa shape index (κ3) is 5.35. The highest BCUT2D eigenvalue weighted by atomic mass is 35.5. The van der Waals surface area contributed by atoms with Crippen molar-refractivity contribution in [1.82, 2.24) is 0 Å². The fourth-order valence-corrected chi connectivity index (χ4v) is 2.43. The maximum Gasteiger partial charge on any atom is 0.306 e. The molecule has 1 aromatic carbocycles. The smallest absolute Gasteiger partial charge is 0.306 e. The van der Waals surface area contributed by atoms with Gasteiger partial charge in [0.25, 0.3) is 0 Å². The Labute approximate surface area is 116 Å². The molecule has 0 spiro atoms. The van der Waals surface area contributed by atoms with Gasteiger partial charge in [-0.15, -0.1) is 0 Å². The molecule has 0 fully saturated rings. The molecule has 0 aromatic heterocycles. The summed E-state index contributed by atoms with van der Waals surface area (Å²) in [5, 5.41) is 0.342. The maximum absolute atomic E-state index is 11.7. The van der Waals surface area contributed by atoms with E-state index in [9.17, 15) is 13.2 Å². The number of benzene rings is 1. The highest BCUT2D eigenvalue weighted by Gasteiger charge is 2.14. The normalized spacial score (nSPS) is 11.1. The Morgan fingerprint density at radius 3 is 2.74 bits per heavy atom. The molecule has 106 valence electrons. The minimum absolute atomic E-state index is 0.202. The van der Waals surface area contributed by atoms with Gasteiger partial charge in [0.05, 0.1) is 35.2 Å². The fourth-order valence-electron chi connectivity index (χ4n) is 1.29. The second kappa shape index (κ2) is 6.63. The van der Waals surface area contributed by atoms with E-state index in [1.807, 2.05) is 0 Å². The SMILES string of the molecule is CCOC(=O)CCS(=O)(=O)Nc1ccc(Cl)c(N)c1. The van der Waals surface area contributed by atoms with Crippen LogP contribution >= 0.6 is 11.6 Å². The minimum atomic E-state index is -3.63. The van der Waals surface area contributed by atoms with Gasteiger partial charge in [-0.1, -0.05) is 11.6 Å². The predicted octanol–water partition coefficient (Wildman–Crippen LogP) is 1.62. The molecule has 0 atom stereocenters. The molecular formula is C11H15ClN2O4S. The van der Waals surface area contributed by atoms with Crippen molar-refractivity contribution in [2.75, 3.05) is 22.8 Å². The number of ether oxygens (including phenoxy) is 1. The van der Waals surface area contributed by atoms with E-state index < -0.39 is 16.0 Å². The molecule has 0 radical (unpaired) electrons. The number of esters is 1. The summed E-state index contributed by atoms with van der Waals surface area (Å²) >= 11 is 5.73. The van der Waals surface area contributed by atoms with Crippen LogP contribution in [0.4, 0.5) is 11.4 Å². The number of carbonyl (C=O) groups excluding carboxylic acids is 1. The van der Waals surface area contributed by atoms with Crippen LogP contribution in [0.3, 0.4) is 0 Å². The zero-order valence-corrected chi connectivity index (χ0v) is 11.9. The van der Waals surface area contributed by atoms with Crippen LogP contribution in [0.1, 0.15) is 13.3 Å². The number of anilines is 2. The van der Waals surface area contributed by atoms with Gasteiger partial charge in [-0.2, -0.15) is 0 Å². The van der Waals surface area contributed by atoms with E-state index in [0.29, 0.717) is 10.7 Å². The van der Waals surface area contributed by atoms with Crippen molar-refractivity contribution in [3.63, 3.8) is 0 Å². The minimum Gasteiger partial charge on any atom is -0.466 e. The van der Waals surface area contributed by atoms with E-state index in [0.717, 1.165) is 0 Å². The van der Waals surface area contributed by atoms with Crippen LogP contribution in [-0.2, 0) is 19.6 Å². The van der Waals surface area contributed by atoms with Crippen molar-refractivity contribution in [1.29, 1.82) is 0 Å². The summed E-state index contributed by atoms with van der Waals surface area (Å²) < 4.78 is 30.4. The molecule has 0 unspecified atom stereocenters. The van der Waals surface area contributed by atoms with Crippen molar-refractivity contribution in [2.24, 2.45) is 0 Å². The molecule has 0 aliphatic carbocycles. The average Bonchev–Trinajstić information content (AvgIpc) is 2.32. The van der Waals surface area contributed by atoms with Crippen LogP contribution in [0.2, 0.25) is 5.02 Å². The lowest BCUT2D eigenvalue weighted by molar-refractivity contribution is -0.142. The molecule has 0 saturated heterocycles. The first kappa shape index (κ1) is 15.6. The molecule has 0 heterocycles. The molecule has 0 aliphatic heterocycles. The molecule has 1 aromatic rings. The predicted molar refractivity (Wildman–Crippen MR) is 74.5 cm³/mol. The van der Waals surface area contributed by atoms with E-state index in [1.165, 1.54) is 18.2 Å². The Bertz CT molecular complexity index is 560. The topological polar surface area (TPSA) is 98.5 Å². The lowest BCUT2D eigenvalue weighted by Crippen LogP contribution is -2.20. The van der Waals surface area contributed by atoms with Gasteiger partial charge >= 0.3 is 5.97 Å². The van der Waals surface area contributed by atoms with Crippen LogP contribution in [0, 0.1) is 0 Å². The van der Waals surface area contributed by atoms with Gasteiger partial charge in [0.1, 0.15) is 0 Å². The number of nitrogen functional groups attached to an aromatic ring is 1. The monoisotopic (exact) mass is 306 g/mol. The molecular weight excluding hydrogens is 292 g/mol. The molecule has 3 N–H and O–H groups in total. The zero-order valence-electron chi connectivity index (χ0n) is 10.3. The largest absolute Gasteiger partial charge is 0.466 e. The van der Waals surface area contributed by atoms with Crippen molar-refractivity contribution in [3.8, 4) is 0 Å². The van der Waals surface area contributed by atoms with Gasteiger partial charge in [-0.3, -0.25) is 9.52 Å². The Hall–Kier alpha value is -1.47. The zero-order chi connectivity index (χ0) is 14.5. The van der Waals surface area contributed by atoms with Gasteiger partial charge in [-0.05, 0) is 25.1 Å². The molecule has 0 amide bonds. The van der Waals surface area contributed by atoms with E-state index in [2.05, 4.69) is 9.46 Å². The average molecular weight is 307 g/mol. The van der Waals surface area contributed by atoms with Gasteiger partial charge in [0, 0.05) is 0 Å². The first-order chi connectivity index (χ1) is 8.84. The molecule has 0 bridgehead atoms. The highest BCUT2D eigenvalue weighted by Crippen LogP contribution is 2.23. The summed E-state index contributed by atoms with van der Waals surface area (Å²) in [6.07, 6.45) is -0.202. The van der Waals surface area contributed by atoms with Crippen LogP contribution < -0.4 is 10.5 Å². The standard InChI is InChI=1S/C11H15ClN2O4S/c1-2-18-11(15)5-6-19(16,17)14-8-3-4-9(12)10(13)7-8/h3-4,7,14H,2,5-6,13H2,1H3. The van der Waals surface area contributed by atoms with E-state index in [-0.39, 0.29) is 24.5 Å². The first-order valence-electron chi connectivity index (χ1n) is 5.55. The molecule has 0 saturated carbocycles. The number of hydrogen-bond acceptors (Lipinski definition) is 5. The number of rotatable bonds is 6. The van der Waals surface area contributed by atoms with Crippen molar-refractivity contribution in [2.45, 2.75) is 13.3 Å². The molecule has 19 heavy (non-hydrogen) atoms. The Kier molecular flexibility index (Phi) is 5.44. The number of nitrogens with two attached hydrogens (primary N) is 1. The van der Waals surface area contributed by atoms with Crippen LogP contribution in [-0.4, -0.2) is 26.7 Å². The number of nitrogens with one attached hydrogen (secondary N) is 1. The third-order valence-corrected chi connectivity index (χ3v) is 3.78. The Morgan fingerprint density at radius 1 is 1.47 bits per heavy atom. The van der Waals surface area contributed by atoms with E-state index in [1.54, 1.807) is 6.92 Å². The summed E-state index contributed by atoms with van der Waals surface area (Å²) in [4.78, 5) is 11.1. The summed E-state index contributed by atoms with van der Waals surface area (Å²) in [5.74, 6) is -0.905. The van der Waals surface area contributed by atoms with E-state index >= 15 is 0 Å². The van der Waals surface area contributed by atoms with Gasteiger partial charge in [-0.25, -0.2) is 8.42 Å². The molecule has 6 nitrogen and oxygen atoms in total. The molecule has 8 heteroatoms. The Balaban J connectivity index is 2.64. The highest BCUT2D eigenvalue weighted by molar-refractivity contribution is 7.92. The quantitative estimate of drug-likeness (QED) is 0.614. The second-order valence-corrected chi connectivity index (χ2v) is 5.96. The Morgan fingerprint density at radius 2 is 2.16 bits per heavy atom. The number of sulfonamides is 1. The van der Waals surface area contributed by atoms with Gasteiger partial charge in [0.15, 0.2) is 0 Å².